The SMILES string of the molecule is O=C(Cc1ccccc1)NC1CC(=O)N1C1(C(=O)O)CCCC1. The molecule has 1 saturated carbocycles. The van der Waals surface area contributed by atoms with Crippen molar-refractivity contribution in [1.82, 2.24) is 10.2 Å². The van der Waals surface area contributed by atoms with Gasteiger partial charge in [0.25, 0.3) is 0 Å². The van der Waals surface area contributed by atoms with Gasteiger partial charge in [0.2, 0.25) is 11.8 Å². The van der Waals surface area contributed by atoms with E-state index < -0.39 is 17.7 Å². The Labute approximate surface area is 134 Å². The molecule has 2 amide bonds. The Kier molecular flexibility index (Phi) is 4.07. The van der Waals surface area contributed by atoms with E-state index in [1.54, 1.807) is 0 Å². The van der Waals surface area contributed by atoms with E-state index in [4.69, 9.17) is 0 Å². The average Bonchev–Trinajstić information content (AvgIpc) is 2.97. The molecule has 2 N–H and O–H groups in total. The highest BCUT2D eigenvalue weighted by Crippen LogP contribution is 2.40. The number of carbonyl (C=O) groups is 3. The van der Waals surface area contributed by atoms with Crippen molar-refractivity contribution < 1.29 is 19.5 Å². The third-order valence-corrected chi connectivity index (χ3v) is 4.77. The normalized spacial score (nSPS) is 22.5. The molecule has 122 valence electrons. The smallest absolute Gasteiger partial charge is 0.329 e. The average molecular weight is 316 g/mol. The summed E-state index contributed by atoms with van der Waals surface area (Å²) in [5.41, 5.74) is -0.254. The molecule has 6 heteroatoms. The summed E-state index contributed by atoms with van der Waals surface area (Å²) in [5, 5.41) is 12.4. The van der Waals surface area contributed by atoms with Gasteiger partial charge < -0.3 is 15.3 Å². The van der Waals surface area contributed by atoms with Gasteiger partial charge in [-0.2, -0.15) is 0 Å². The molecule has 1 aromatic carbocycles. The molecular weight excluding hydrogens is 296 g/mol. The lowest BCUT2D eigenvalue weighted by Gasteiger charge is -2.49. The number of carboxylic acids is 1. The number of hydrogen-bond donors (Lipinski definition) is 2. The number of nitrogens with zero attached hydrogens (tertiary/aromatic N) is 1. The third kappa shape index (κ3) is 2.81. The first kappa shape index (κ1) is 15.5. The summed E-state index contributed by atoms with van der Waals surface area (Å²) in [6.45, 7) is 0. The predicted octanol–water partition coefficient (Wildman–Crippen LogP) is 1.30. The van der Waals surface area contributed by atoms with E-state index in [0.29, 0.717) is 12.8 Å². The fourth-order valence-corrected chi connectivity index (χ4v) is 3.60. The van der Waals surface area contributed by atoms with Gasteiger partial charge in [-0.1, -0.05) is 43.2 Å². The van der Waals surface area contributed by atoms with Crippen LogP contribution in [0.2, 0.25) is 0 Å². The van der Waals surface area contributed by atoms with Gasteiger partial charge in [0, 0.05) is 0 Å². The van der Waals surface area contributed by atoms with Crippen LogP contribution >= 0.6 is 0 Å². The summed E-state index contributed by atoms with van der Waals surface area (Å²) >= 11 is 0. The number of amides is 2. The van der Waals surface area contributed by atoms with Gasteiger partial charge in [-0.25, -0.2) is 4.79 Å². The van der Waals surface area contributed by atoms with Crippen LogP contribution < -0.4 is 5.32 Å². The van der Waals surface area contributed by atoms with Crippen molar-refractivity contribution in [2.45, 2.75) is 50.2 Å². The first-order valence-electron chi connectivity index (χ1n) is 7.92. The van der Waals surface area contributed by atoms with Gasteiger partial charge in [-0.15, -0.1) is 0 Å². The lowest BCUT2D eigenvalue weighted by atomic mass is 9.89. The topological polar surface area (TPSA) is 86.7 Å². The Morgan fingerprint density at radius 2 is 1.87 bits per heavy atom. The lowest BCUT2D eigenvalue weighted by molar-refractivity contribution is -0.175. The van der Waals surface area contributed by atoms with Crippen molar-refractivity contribution in [3.63, 3.8) is 0 Å². The van der Waals surface area contributed by atoms with Crippen LogP contribution in [0, 0.1) is 0 Å². The number of nitrogens with one attached hydrogen (secondary N) is 1. The van der Waals surface area contributed by atoms with E-state index >= 15 is 0 Å². The van der Waals surface area contributed by atoms with E-state index in [0.717, 1.165) is 18.4 Å². The maximum Gasteiger partial charge on any atom is 0.329 e. The van der Waals surface area contributed by atoms with Crippen molar-refractivity contribution in [1.29, 1.82) is 0 Å². The van der Waals surface area contributed by atoms with Crippen molar-refractivity contribution in [3.8, 4) is 0 Å². The highest BCUT2D eigenvalue weighted by atomic mass is 16.4. The van der Waals surface area contributed by atoms with Crippen LogP contribution in [0.1, 0.15) is 37.7 Å². The standard InChI is InChI=1S/C17H20N2O4/c20-14(10-12-6-2-1-3-7-12)18-13-11-15(21)19(13)17(16(22)23)8-4-5-9-17/h1-3,6-7,13H,4-5,8-11H2,(H,18,20)(H,22,23). The Morgan fingerprint density at radius 3 is 2.43 bits per heavy atom. The highest BCUT2D eigenvalue weighted by Gasteiger charge is 2.56. The van der Waals surface area contributed by atoms with Crippen molar-refractivity contribution in [2.24, 2.45) is 0 Å². The van der Waals surface area contributed by atoms with Crippen LogP contribution in [0.25, 0.3) is 0 Å². The second kappa shape index (κ2) is 6.02. The van der Waals surface area contributed by atoms with E-state index in [1.807, 2.05) is 30.3 Å². The molecule has 0 spiro atoms. The fourth-order valence-electron chi connectivity index (χ4n) is 3.60. The van der Waals surface area contributed by atoms with Crippen molar-refractivity contribution in [3.05, 3.63) is 35.9 Å². The summed E-state index contributed by atoms with van der Waals surface area (Å²) < 4.78 is 0. The zero-order chi connectivity index (χ0) is 16.4. The second-order valence-corrected chi connectivity index (χ2v) is 6.26. The first-order chi connectivity index (χ1) is 11.0. The van der Waals surface area contributed by atoms with Crippen molar-refractivity contribution in [2.75, 3.05) is 0 Å². The first-order valence-corrected chi connectivity index (χ1v) is 7.92. The third-order valence-electron chi connectivity index (χ3n) is 4.77. The molecule has 23 heavy (non-hydrogen) atoms. The number of benzene rings is 1. The molecule has 1 aliphatic carbocycles. The molecule has 2 aliphatic rings. The maximum atomic E-state index is 12.2. The summed E-state index contributed by atoms with van der Waals surface area (Å²) in [5.74, 6) is -1.36. The van der Waals surface area contributed by atoms with Crippen LogP contribution in [-0.2, 0) is 20.8 Å². The van der Waals surface area contributed by atoms with E-state index in [9.17, 15) is 19.5 Å². The lowest BCUT2D eigenvalue weighted by Crippen LogP contribution is -2.71. The van der Waals surface area contributed by atoms with Gasteiger partial charge in [0.05, 0.1) is 12.8 Å². The van der Waals surface area contributed by atoms with Gasteiger partial charge in [-0.3, -0.25) is 9.59 Å². The van der Waals surface area contributed by atoms with Crippen LogP contribution in [-0.4, -0.2) is 39.5 Å². The Morgan fingerprint density at radius 1 is 1.22 bits per heavy atom. The number of likely N-dealkylation sites (tertiary alicyclic amines) is 1. The summed E-state index contributed by atoms with van der Waals surface area (Å²) in [6, 6.07) is 9.32. The molecule has 1 unspecified atom stereocenters. The molecule has 2 fully saturated rings. The molecule has 0 bridgehead atoms. The Bertz CT molecular complexity index is 623. The minimum Gasteiger partial charge on any atom is -0.479 e. The molecule has 1 aromatic rings. The number of carboxylic acid groups (broad SMARTS) is 1. The number of β-lactam (4-membered cyclic amide) rings is 1. The van der Waals surface area contributed by atoms with Crippen LogP contribution in [0.4, 0.5) is 0 Å². The minimum atomic E-state index is -1.14. The quantitative estimate of drug-likeness (QED) is 0.802. The second-order valence-electron chi connectivity index (χ2n) is 6.26. The van der Waals surface area contributed by atoms with Gasteiger partial charge in [-0.05, 0) is 18.4 Å². The molecule has 3 rings (SSSR count). The molecule has 1 heterocycles. The van der Waals surface area contributed by atoms with Crippen molar-refractivity contribution >= 4 is 17.8 Å². The Hall–Kier alpha value is -2.37. The number of rotatable bonds is 5. The van der Waals surface area contributed by atoms with Crippen LogP contribution in [0.3, 0.4) is 0 Å². The molecule has 6 nitrogen and oxygen atoms in total. The van der Waals surface area contributed by atoms with E-state index in [1.165, 1.54) is 4.90 Å². The molecular formula is C17H20N2O4. The molecule has 1 saturated heterocycles. The molecule has 1 atom stereocenters. The zero-order valence-corrected chi connectivity index (χ0v) is 12.8. The molecule has 0 aromatic heterocycles. The van der Waals surface area contributed by atoms with Gasteiger partial charge in [0.1, 0.15) is 11.7 Å². The summed E-state index contributed by atoms with van der Waals surface area (Å²) in [6.07, 6.45) is 2.39. The fraction of sp³-hybridized carbons (Fsp3) is 0.471. The molecule has 0 radical (unpaired) electrons. The Balaban J connectivity index is 1.67. The number of aliphatic carboxylic acids is 1. The molecule has 1 aliphatic heterocycles. The monoisotopic (exact) mass is 316 g/mol. The zero-order valence-electron chi connectivity index (χ0n) is 12.8. The highest BCUT2D eigenvalue weighted by molar-refractivity contribution is 5.92. The largest absolute Gasteiger partial charge is 0.479 e. The number of carbonyl (C=O) groups excluding carboxylic acids is 2. The van der Waals surface area contributed by atoms with Crippen LogP contribution in [0.15, 0.2) is 30.3 Å². The van der Waals surface area contributed by atoms with Gasteiger partial charge in [0.15, 0.2) is 0 Å². The summed E-state index contributed by atoms with van der Waals surface area (Å²) in [4.78, 5) is 37.2. The van der Waals surface area contributed by atoms with E-state index in [-0.39, 0.29) is 24.7 Å². The number of hydrogen-bond acceptors (Lipinski definition) is 3. The van der Waals surface area contributed by atoms with Gasteiger partial charge >= 0.3 is 5.97 Å². The maximum absolute atomic E-state index is 12.2. The minimum absolute atomic E-state index is 0.176. The van der Waals surface area contributed by atoms with E-state index in [2.05, 4.69) is 5.32 Å². The van der Waals surface area contributed by atoms with Crippen LogP contribution in [0.5, 0.6) is 0 Å². The summed E-state index contributed by atoms with van der Waals surface area (Å²) in [7, 11) is 0. The predicted molar refractivity (Wildman–Crippen MR) is 82.4 cm³/mol.